The molecule has 2 aromatic carbocycles. The van der Waals surface area contributed by atoms with Crippen LogP contribution in [0.25, 0.3) is 0 Å². The summed E-state index contributed by atoms with van der Waals surface area (Å²) in [6.07, 6.45) is 5.86. The summed E-state index contributed by atoms with van der Waals surface area (Å²) >= 11 is 0. The van der Waals surface area contributed by atoms with E-state index in [2.05, 4.69) is 63.2 Å². The highest BCUT2D eigenvalue weighted by atomic mass is 14.1. The van der Waals surface area contributed by atoms with Crippen molar-refractivity contribution in [1.82, 2.24) is 0 Å². The van der Waals surface area contributed by atoms with E-state index in [1.54, 1.807) is 0 Å². The summed E-state index contributed by atoms with van der Waals surface area (Å²) < 4.78 is 0. The maximum Gasteiger partial charge on any atom is -0.00231 e. The molecule has 0 amide bonds. The largest absolute Gasteiger partial charge is 0.0651 e. The standard InChI is InChI=1S/C20H26/c1-4-6-17-8-10-19(11-9-17)15-20-13-12-18(7-5-2)14-16(20)3/h8-14H,4-7,15H2,1-3H3. The van der Waals surface area contributed by atoms with Gasteiger partial charge in [0.1, 0.15) is 0 Å². The average Bonchev–Trinajstić information content (AvgIpc) is 2.44. The third-order valence-corrected chi connectivity index (χ3v) is 3.90. The van der Waals surface area contributed by atoms with Gasteiger partial charge in [0.25, 0.3) is 0 Å². The summed E-state index contributed by atoms with van der Waals surface area (Å²) in [4.78, 5) is 0. The highest BCUT2D eigenvalue weighted by molar-refractivity contribution is 5.36. The van der Waals surface area contributed by atoms with Gasteiger partial charge >= 0.3 is 0 Å². The molecule has 2 aromatic rings. The third-order valence-electron chi connectivity index (χ3n) is 3.90. The van der Waals surface area contributed by atoms with Gasteiger partial charge in [0.2, 0.25) is 0 Å². The van der Waals surface area contributed by atoms with Gasteiger partial charge in [0.05, 0.1) is 0 Å². The van der Waals surface area contributed by atoms with Crippen molar-refractivity contribution in [1.29, 1.82) is 0 Å². The lowest BCUT2D eigenvalue weighted by atomic mass is 9.96. The molecule has 0 heteroatoms. The molecule has 0 aliphatic rings. The zero-order valence-electron chi connectivity index (χ0n) is 13.1. The van der Waals surface area contributed by atoms with Gasteiger partial charge in [-0.15, -0.1) is 0 Å². The number of rotatable bonds is 6. The minimum atomic E-state index is 1.05. The first-order valence-corrected chi connectivity index (χ1v) is 7.89. The molecule has 0 saturated heterocycles. The Balaban J connectivity index is 2.09. The van der Waals surface area contributed by atoms with E-state index in [0.717, 1.165) is 6.42 Å². The van der Waals surface area contributed by atoms with Crippen LogP contribution in [0, 0.1) is 6.92 Å². The van der Waals surface area contributed by atoms with Crippen LogP contribution in [-0.2, 0) is 19.3 Å². The van der Waals surface area contributed by atoms with Crippen LogP contribution >= 0.6 is 0 Å². The molecule has 0 unspecified atom stereocenters. The SMILES string of the molecule is CCCc1ccc(Cc2ccc(CCC)cc2C)cc1. The van der Waals surface area contributed by atoms with Crippen LogP contribution in [0.4, 0.5) is 0 Å². The van der Waals surface area contributed by atoms with E-state index >= 15 is 0 Å². The summed E-state index contributed by atoms with van der Waals surface area (Å²) in [6, 6.07) is 16.1. The Morgan fingerprint density at radius 1 is 0.700 bits per heavy atom. The lowest BCUT2D eigenvalue weighted by Crippen LogP contribution is -1.94. The Bertz CT molecular complexity index is 534. The number of hydrogen-bond acceptors (Lipinski definition) is 0. The highest BCUT2D eigenvalue weighted by Gasteiger charge is 2.02. The Morgan fingerprint density at radius 3 is 1.85 bits per heavy atom. The molecule has 0 atom stereocenters. The summed E-state index contributed by atoms with van der Waals surface area (Å²) in [5.41, 5.74) is 7.20. The molecule has 0 saturated carbocycles. The molecular formula is C20H26. The number of aryl methyl sites for hydroxylation is 3. The van der Waals surface area contributed by atoms with E-state index in [9.17, 15) is 0 Å². The first-order valence-electron chi connectivity index (χ1n) is 7.89. The second-order valence-corrected chi connectivity index (χ2v) is 5.75. The van der Waals surface area contributed by atoms with E-state index in [1.807, 2.05) is 0 Å². The maximum atomic E-state index is 2.35. The molecule has 0 spiro atoms. The molecule has 0 radical (unpaired) electrons. The lowest BCUT2D eigenvalue weighted by Gasteiger charge is -2.09. The van der Waals surface area contributed by atoms with Crippen LogP contribution < -0.4 is 0 Å². The lowest BCUT2D eigenvalue weighted by molar-refractivity contribution is 0.916. The van der Waals surface area contributed by atoms with Gasteiger partial charge in [0, 0.05) is 0 Å². The fourth-order valence-corrected chi connectivity index (χ4v) is 2.73. The Morgan fingerprint density at radius 2 is 1.25 bits per heavy atom. The van der Waals surface area contributed by atoms with Crippen molar-refractivity contribution in [3.63, 3.8) is 0 Å². The average molecular weight is 266 g/mol. The predicted octanol–water partition coefficient (Wildman–Crippen LogP) is 5.49. The van der Waals surface area contributed by atoms with Crippen molar-refractivity contribution in [3.8, 4) is 0 Å². The minimum Gasteiger partial charge on any atom is -0.0651 e. The van der Waals surface area contributed by atoms with Crippen molar-refractivity contribution >= 4 is 0 Å². The summed E-state index contributed by atoms with van der Waals surface area (Å²) in [6.45, 7) is 6.70. The van der Waals surface area contributed by atoms with E-state index in [1.165, 1.54) is 53.5 Å². The van der Waals surface area contributed by atoms with E-state index in [0.29, 0.717) is 0 Å². The molecule has 0 bridgehead atoms. The van der Waals surface area contributed by atoms with Gasteiger partial charge in [-0.3, -0.25) is 0 Å². The van der Waals surface area contributed by atoms with Gasteiger partial charge < -0.3 is 0 Å². The van der Waals surface area contributed by atoms with Gasteiger partial charge in [-0.2, -0.15) is 0 Å². The van der Waals surface area contributed by atoms with Crippen molar-refractivity contribution in [2.24, 2.45) is 0 Å². The van der Waals surface area contributed by atoms with Crippen LogP contribution in [0.1, 0.15) is 54.5 Å². The molecule has 2 rings (SSSR count). The molecular weight excluding hydrogens is 240 g/mol. The first kappa shape index (κ1) is 14.8. The Labute approximate surface area is 123 Å². The van der Waals surface area contributed by atoms with Gasteiger partial charge in [-0.1, -0.05) is 69.2 Å². The Kier molecular flexibility index (Phi) is 5.40. The molecule has 0 aromatic heterocycles. The topological polar surface area (TPSA) is 0 Å². The molecule has 0 aliphatic carbocycles. The van der Waals surface area contributed by atoms with Crippen LogP contribution in [0.2, 0.25) is 0 Å². The minimum absolute atomic E-state index is 1.05. The zero-order chi connectivity index (χ0) is 14.4. The van der Waals surface area contributed by atoms with Crippen molar-refractivity contribution in [2.75, 3.05) is 0 Å². The van der Waals surface area contributed by atoms with Crippen molar-refractivity contribution < 1.29 is 0 Å². The van der Waals surface area contributed by atoms with Crippen LogP contribution in [0.3, 0.4) is 0 Å². The van der Waals surface area contributed by atoms with Gasteiger partial charge in [-0.25, -0.2) is 0 Å². The first-order chi connectivity index (χ1) is 9.72. The molecule has 0 fully saturated rings. The van der Waals surface area contributed by atoms with Crippen molar-refractivity contribution in [2.45, 2.75) is 52.9 Å². The summed E-state index contributed by atoms with van der Waals surface area (Å²) in [5.74, 6) is 0. The zero-order valence-corrected chi connectivity index (χ0v) is 13.1. The second kappa shape index (κ2) is 7.28. The predicted molar refractivity (Wildman–Crippen MR) is 88.4 cm³/mol. The quantitative estimate of drug-likeness (QED) is 0.648. The smallest absolute Gasteiger partial charge is 0.00231 e. The van der Waals surface area contributed by atoms with E-state index in [-0.39, 0.29) is 0 Å². The number of hydrogen-bond donors (Lipinski definition) is 0. The van der Waals surface area contributed by atoms with Crippen LogP contribution in [-0.4, -0.2) is 0 Å². The molecule has 0 nitrogen and oxygen atoms in total. The van der Waals surface area contributed by atoms with Gasteiger partial charge in [0.15, 0.2) is 0 Å². The monoisotopic (exact) mass is 266 g/mol. The van der Waals surface area contributed by atoms with Crippen LogP contribution in [0.15, 0.2) is 42.5 Å². The molecule has 0 heterocycles. The summed E-state index contributed by atoms with van der Waals surface area (Å²) in [7, 11) is 0. The highest BCUT2D eigenvalue weighted by Crippen LogP contribution is 2.17. The maximum absolute atomic E-state index is 2.35. The molecule has 0 N–H and O–H groups in total. The fourth-order valence-electron chi connectivity index (χ4n) is 2.73. The van der Waals surface area contributed by atoms with E-state index < -0.39 is 0 Å². The Hall–Kier alpha value is -1.56. The number of benzene rings is 2. The van der Waals surface area contributed by atoms with E-state index in [4.69, 9.17) is 0 Å². The van der Waals surface area contributed by atoms with Gasteiger partial charge in [-0.05, 0) is 54.0 Å². The molecule has 20 heavy (non-hydrogen) atoms. The molecule has 0 aliphatic heterocycles. The third kappa shape index (κ3) is 3.96. The second-order valence-electron chi connectivity index (χ2n) is 5.75. The van der Waals surface area contributed by atoms with Crippen molar-refractivity contribution in [3.05, 3.63) is 70.3 Å². The normalized spacial score (nSPS) is 10.8. The fraction of sp³-hybridized carbons (Fsp3) is 0.400. The van der Waals surface area contributed by atoms with Crippen LogP contribution in [0.5, 0.6) is 0 Å². The summed E-state index contributed by atoms with van der Waals surface area (Å²) in [5, 5.41) is 0. The molecule has 106 valence electrons.